The number of rotatable bonds is 2. The third-order valence-corrected chi connectivity index (χ3v) is 4.21. The molecule has 0 saturated heterocycles. The molecule has 0 fully saturated rings. The largest absolute Gasteiger partial charge is 0.362 e. The molecular weight excluding hydrogens is 316 g/mol. The number of halogens is 2. The number of nitrogens with zero attached hydrogens (tertiary/aromatic N) is 4. The zero-order chi connectivity index (χ0) is 12.5. The quantitative estimate of drug-likeness (QED) is 0.795. The average molecular weight is 328 g/mol. The van der Waals surface area contributed by atoms with Gasteiger partial charge in [0.15, 0.2) is 5.82 Å². The Morgan fingerprint density at radius 2 is 2.22 bits per heavy atom. The number of fused-ring (bicyclic) bond motifs is 1. The van der Waals surface area contributed by atoms with Crippen LogP contribution in [0.2, 0.25) is 0 Å². The van der Waals surface area contributed by atoms with Gasteiger partial charge in [-0.25, -0.2) is 0 Å². The molecule has 0 spiro atoms. The molecule has 1 aromatic heterocycles. The maximum atomic E-state index is 5.86. The van der Waals surface area contributed by atoms with Crippen LogP contribution in [0.15, 0.2) is 29.0 Å². The summed E-state index contributed by atoms with van der Waals surface area (Å²) in [4.78, 5) is 2.30. The predicted molar refractivity (Wildman–Crippen MR) is 74.8 cm³/mol. The van der Waals surface area contributed by atoms with E-state index in [2.05, 4.69) is 53.8 Å². The molecule has 0 radical (unpaired) electrons. The van der Waals surface area contributed by atoms with Crippen molar-refractivity contribution in [1.29, 1.82) is 0 Å². The van der Waals surface area contributed by atoms with Crippen LogP contribution >= 0.6 is 27.5 Å². The molecule has 1 aromatic carbocycles. The molecule has 6 heteroatoms. The van der Waals surface area contributed by atoms with Gasteiger partial charge < -0.3 is 9.47 Å². The number of benzene rings is 1. The van der Waals surface area contributed by atoms with Crippen molar-refractivity contribution in [3.05, 3.63) is 40.4 Å². The minimum absolute atomic E-state index is 0.523. The van der Waals surface area contributed by atoms with Crippen molar-refractivity contribution in [2.24, 2.45) is 0 Å². The first-order valence-corrected chi connectivity index (χ1v) is 7.06. The summed E-state index contributed by atoms with van der Waals surface area (Å²) < 4.78 is 3.15. The lowest BCUT2D eigenvalue weighted by molar-refractivity contribution is 0.560. The highest BCUT2D eigenvalue weighted by atomic mass is 79.9. The summed E-state index contributed by atoms with van der Waals surface area (Å²) in [5.74, 6) is 1.54. The maximum Gasteiger partial charge on any atom is 0.152 e. The molecule has 0 saturated carbocycles. The molecule has 0 aliphatic carbocycles. The molecule has 0 unspecified atom stereocenters. The fourth-order valence-corrected chi connectivity index (χ4v) is 3.03. The number of hydrogen-bond acceptors (Lipinski definition) is 3. The van der Waals surface area contributed by atoms with Crippen LogP contribution in [-0.2, 0) is 19.0 Å². The van der Waals surface area contributed by atoms with Crippen LogP contribution in [0.25, 0.3) is 0 Å². The summed E-state index contributed by atoms with van der Waals surface area (Å²) in [6.45, 7) is 2.70. The molecule has 0 N–H and O–H groups in total. The van der Waals surface area contributed by atoms with Gasteiger partial charge >= 0.3 is 0 Å². The van der Waals surface area contributed by atoms with Crippen molar-refractivity contribution in [3.8, 4) is 0 Å². The first kappa shape index (κ1) is 12.0. The smallest absolute Gasteiger partial charge is 0.152 e. The molecule has 4 nitrogen and oxygen atoms in total. The fourth-order valence-electron chi connectivity index (χ4n) is 2.13. The standard InChI is InChI=1S/C12H12BrClN4/c13-11-5-10(2-1-9(11)6-14)17-3-4-18-8-15-16-12(18)7-17/h1-2,5,8H,3-4,6-7H2. The van der Waals surface area contributed by atoms with Crippen molar-refractivity contribution in [2.45, 2.75) is 19.0 Å². The van der Waals surface area contributed by atoms with Crippen molar-refractivity contribution in [3.63, 3.8) is 0 Å². The minimum atomic E-state index is 0.523. The third-order valence-electron chi connectivity index (χ3n) is 3.18. The van der Waals surface area contributed by atoms with Gasteiger partial charge in [0.05, 0.1) is 6.54 Å². The molecule has 18 heavy (non-hydrogen) atoms. The van der Waals surface area contributed by atoms with Gasteiger partial charge in [-0.15, -0.1) is 21.8 Å². The van der Waals surface area contributed by atoms with Gasteiger partial charge in [-0.3, -0.25) is 0 Å². The third kappa shape index (κ3) is 2.12. The Balaban J connectivity index is 1.86. The van der Waals surface area contributed by atoms with Gasteiger partial charge in [0.2, 0.25) is 0 Å². The zero-order valence-corrected chi connectivity index (χ0v) is 12.0. The minimum Gasteiger partial charge on any atom is -0.362 e. The number of aromatic nitrogens is 3. The summed E-state index contributed by atoms with van der Waals surface area (Å²) in [7, 11) is 0. The van der Waals surface area contributed by atoms with Gasteiger partial charge in [0, 0.05) is 29.1 Å². The molecular formula is C12H12BrClN4. The molecule has 3 rings (SSSR count). The maximum absolute atomic E-state index is 5.86. The first-order chi connectivity index (χ1) is 8.78. The molecule has 94 valence electrons. The van der Waals surface area contributed by atoms with E-state index in [-0.39, 0.29) is 0 Å². The van der Waals surface area contributed by atoms with E-state index in [1.807, 2.05) is 0 Å². The lowest BCUT2D eigenvalue weighted by atomic mass is 10.2. The summed E-state index contributed by atoms with van der Waals surface area (Å²) in [5, 5.41) is 8.06. The Hall–Kier alpha value is -1.07. The highest BCUT2D eigenvalue weighted by Crippen LogP contribution is 2.27. The summed E-state index contributed by atoms with van der Waals surface area (Å²) in [5.41, 5.74) is 2.30. The van der Waals surface area contributed by atoms with Gasteiger partial charge in [-0.2, -0.15) is 0 Å². The van der Waals surface area contributed by atoms with Crippen LogP contribution in [0.3, 0.4) is 0 Å². The Labute approximate surface area is 119 Å². The summed E-state index contributed by atoms with van der Waals surface area (Å²) in [6, 6.07) is 6.28. The van der Waals surface area contributed by atoms with E-state index in [0.717, 1.165) is 35.5 Å². The predicted octanol–water partition coefficient (Wildman–Crippen LogP) is 2.80. The van der Waals surface area contributed by atoms with Crippen molar-refractivity contribution >= 4 is 33.2 Å². The van der Waals surface area contributed by atoms with Gasteiger partial charge in [-0.1, -0.05) is 22.0 Å². The Bertz CT molecular complexity index is 569. The second-order valence-electron chi connectivity index (χ2n) is 4.27. The normalized spacial score (nSPS) is 14.7. The molecule has 1 aliphatic rings. The van der Waals surface area contributed by atoms with E-state index in [4.69, 9.17) is 11.6 Å². The SMILES string of the molecule is ClCc1ccc(N2CCn3cnnc3C2)cc1Br. The van der Waals surface area contributed by atoms with Crippen molar-refractivity contribution in [1.82, 2.24) is 14.8 Å². The lowest BCUT2D eigenvalue weighted by Gasteiger charge is -2.29. The monoisotopic (exact) mass is 326 g/mol. The van der Waals surface area contributed by atoms with E-state index < -0.39 is 0 Å². The van der Waals surface area contributed by atoms with Crippen LogP contribution in [0, 0.1) is 0 Å². The van der Waals surface area contributed by atoms with Crippen LogP contribution < -0.4 is 4.90 Å². The topological polar surface area (TPSA) is 34.0 Å². The Morgan fingerprint density at radius 1 is 1.33 bits per heavy atom. The van der Waals surface area contributed by atoms with Crippen LogP contribution in [0.5, 0.6) is 0 Å². The fraction of sp³-hybridized carbons (Fsp3) is 0.333. The lowest BCUT2D eigenvalue weighted by Crippen LogP contribution is -2.33. The number of hydrogen-bond donors (Lipinski definition) is 0. The molecule has 0 bridgehead atoms. The van der Waals surface area contributed by atoms with Crippen LogP contribution in [0.1, 0.15) is 11.4 Å². The molecule has 2 aromatic rings. The van der Waals surface area contributed by atoms with E-state index in [9.17, 15) is 0 Å². The molecule has 0 amide bonds. The van der Waals surface area contributed by atoms with Crippen LogP contribution in [0.4, 0.5) is 5.69 Å². The molecule has 2 heterocycles. The van der Waals surface area contributed by atoms with Gasteiger partial charge in [0.1, 0.15) is 6.33 Å². The highest BCUT2D eigenvalue weighted by Gasteiger charge is 2.18. The van der Waals surface area contributed by atoms with E-state index in [1.54, 1.807) is 6.33 Å². The summed E-state index contributed by atoms with van der Waals surface area (Å²) >= 11 is 9.41. The molecule has 1 aliphatic heterocycles. The number of anilines is 1. The highest BCUT2D eigenvalue weighted by molar-refractivity contribution is 9.10. The first-order valence-electron chi connectivity index (χ1n) is 5.74. The Kier molecular flexibility index (Phi) is 3.26. The van der Waals surface area contributed by atoms with Crippen molar-refractivity contribution in [2.75, 3.05) is 11.4 Å². The van der Waals surface area contributed by atoms with Gasteiger partial charge in [0.25, 0.3) is 0 Å². The summed E-state index contributed by atoms with van der Waals surface area (Å²) in [6.07, 6.45) is 1.79. The molecule has 0 atom stereocenters. The average Bonchev–Trinajstić information content (AvgIpc) is 2.85. The second kappa shape index (κ2) is 4.90. The van der Waals surface area contributed by atoms with Crippen LogP contribution in [-0.4, -0.2) is 21.3 Å². The number of alkyl halides is 1. The second-order valence-corrected chi connectivity index (χ2v) is 5.39. The van der Waals surface area contributed by atoms with Gasteiger partial charge in [-0.05, 0) is 17.7 Å². The van der Waals surface area contributed by atoms with E-state index in [1.165, 1.54) is 5.69 Å². The van der Waals surface area contributed by atoms with Crippen molar-refractivity contribution < 1.29 is 0 Å². The zero-order valence-electron chi connectivity index (χ0n) is 9.68. The van der Waals surface area contributed by atoms with E-state index in [0.29, 0.717) is 5.88 Å². The Morgan fingerprint density at radius 3 is 3.00 bits per heavy atom. The van der Waals surface area contributed by atoms with E-state index >= 15 is 0 Å².